The number of hydrogen-bond acceptors (Lipinski definition) is 5. The van der Waals surface area contributed by atoms with Crippen LogP contribution in [0.25, 0.3) is 5.76 Å². The fourth-order valence-electron chi connectivity index (χ4n) is 3.32. The maximum atomic E-state index is 12.7. The van der Waals surface area contributed by atoms with Gasteiger partial charge < -0.3 is 14.7 Å². The van der Waals surface area contributed by atoms with Crippen molar-refractivity contribution >= 4 is 17.4 Å². The first kappa shape index (κ1) is 19.6. The number of carbonyl (C=O) groups is 2. The molecule has 1 aliphatic rings. The summed E-state index contributed by atoms with van der Waals surface area (Å²) in [6, 6.07) is 11.4. The van der Waals surface area contributed by atoms with Crippen LogP contribution in [0.3, 0.4) is 0 Å². The Morgan fingerprint density at radius 3 is 2.46 bits per heavy atom. The number of aliphatic hydroxyl groups is 1. The minimum absolute atomic E-state index is 0.0305. The van der Waals surface area contributed by atoms with Crippen LogP contribution >= 0.6 is 0 Å². The van der Waals surface area contributed by atoms with Gasteiger partial charge in [-0.05, 0) is 56.7 Å². The molecule has 3 rings (SSSR count). The molecular formula is C22H24N2O4. The first-order valence-corrected chi connectivity index (χ1v) is 9.40. The van der Waals surface area contributed by atoms with Crippen molar-refractivity contribution in [1.29, 1.82) is 0 Å². The molecule has 6 heteroatoms. The van der Waals surface area contributed by atoms with Crippen molar-refractivity contribution in [1.82, 2.24) is 9.88 Å². The number of aromatic nitrogens is 1. The lowest BCUT2D eigenvalue weighted by Crippen LogP contribution is -2.30. The summed E-state index contributed by atoms with van der Waals surface area (Å²) in [6.45, 7) is 6.19. The van der Waals surface area contributed by atoms with E-state index in [-0.39, 0.29) is 17.4 Å². The first-order chi connectivity index (χ1) is 13.4. The lowest BCUT2D eigenvalue weighted by molar-refractivity contribution is -0.139. The number of aliphatic hydroxyl groups excluding tert-OH is 1. The van der Waals surface area contributed by atoms with E-state index in [0.717, 1.165) is 0 Å². The van der Waals surface area contributed by atoms with Crippen LogP contribution in [0.15, 0.2) is 54.2 Å². The number of pyridine rings is 1. The van der Waals surface area contributed by atoms with Crippen molar-refractivity contribution in [2.75, 3.05) is 6.54 Å². The Morgan fingerprint density at radius 1 is 1.18 bits per heavy atom. The Morgan fingerprint density at radius 2 is 1.89 bits per heavy atom. The molecule has 1 saturated heterocycles. The van der Waals surface area contributed by atoms with Gasteiger partial charge in [0.15, 0.2) is 0 Å². The fourth-order valence-corrected chi connectivity index (χ4v) is 3.32. The highest BCUT2D eigenvalue weighted by atomic mass is 16.5. The minimum atomic E-state index is -0.701. The monoisotopic (exact) mass is 380 g/mol. The maximum Gasteiger partial charge on any atom is 0.295 e. The Hall–Kier alpha value is -3.15. The Balaban J connectivity index is 2.07. The third-order valence-electron chi connectivity index (χ3n) is 4.47. The van der Waals surface area contributed by atoms with E-state index in [1.54, 1.807) is 48.7 Å². The topological polar surface area (TPSA) is 79.7 Å². The molecule has 1 aromatic carbocycles. The number of benzene rings is 1. The molecule has 1 aliphatic heterocycles. The largest absolute Gasteiger partial charge is 0.507 e. The standard InChI is InChI=1S/C22H24N2O4/c1-4-13-24-19(17-7-5-6-12-23-17)18(21(26)22(24)27)20(25)15-8-10-16(11-9-15)28-14(2)3/h5-12,14,19,25H,4,13H2,1-3H3/b20-18-. The van der Waals surface area contributed by atoms with Gasteiger partial charge in [0.25, 0.3) is 11.7 Å². The van der Waals surface area contributed by atoms with E-state index < -0.39 is 17.7 Å². The summed E-state index contributed by atoms with van der Waals surface area (Å²) in [5.41, 5.74) is 1.07. The summed E-state index contributed by atoms with van der Waals surface area (Å²) in [5.74, 6) is -0.842. The van der Waals surface area contributed by atoms with Gasteiger partial charge >= 0.3 is 0 Å². The van der Waals surface area contributed by atoms with E-state index in [4.69, 9.17) is 4.74 Å². The number of Topliss-reactive ketones (excluding diaryl/α,β-unsaturated/α-hetero) is 1. The second-order valence-corrected chi connectivity index (χ2v) is 6.94. The third kappa shape index (κ3) is 3.76. The van der Waals surface area contributed by atoms with Gasteiger partial charge in [-0.15, -0.1) is 0 Å². The van der Waals surface area contributed by atoms with Crippen molar-refractivity contribution in [2.24, 2.45) is 0 Å². The van der Waals surface area contributed by atoms with Crippen molar-refractivity contribution in [3.63, 3.8) is 0 Å². The van der Waals surface area contributed by atoms with E-state index in [9.17, 15) is 14.7 Å². The zero-order valence-electron chi connectivity index (χ0n) is 16.3. The molecule has 1 N–H and O–H groups in total. The van der Waals surface area contributed by atoms with Crippen molar-refractivity contribution in [3.05, 3.63) is 65.5 Å². The number of hydrogen-bond donors (Lipinski definition) is 1. The lowest BCUT2D eigenvalue weighted by atomic mass is 9.98. The third-order valence-corrected chi connectivity index (χ3v) is 4.47. The Bertz CT molecular complexity index is 889. The second kappa shape index (κ2) is 8.25. The van der Waals surface area contributed by atoms with Gasteiger partial charge in [0.1, 0.15) is 17.6 Å². The number of nitrogens with zero attached hydrogens (tertiary/aromatic N) is 2. The normalized spacial score (nSPS) is 18.7. The number of rotatable bonds is 6. The van der Waals surface area contributed by atoms with E-state index >= 15 is 0 Å². The first-order valence-electron chi connectivity index (χ1n) is 9.40. The lowest BCUT2D eigenvalue weighted by Gasteiger charge is -2.23. The quantitative estimate of drug-likeness (QED) is 0.470. The van der Waals surface area contributed by atoms with Gasteiger partial charge in [-0.2, -0.15) is 0 Å². The average Bonchev–Trinajstić information content (AvgIpc) is 2.93. The van der Waals surface area contributed by atoms with Crippen molar-refractivity contribution < 1.29 is 19.4 Å². The van der Waals surface area contributed by atoms with Gasteiger partial charge in [-0.25, -0.2) is 0 Å². The molecule has 1 fully saturated rings. The zero-order chi connectivity index (χ0) is 20.3. The maximum absolute atomic E-state index is 12.7. The molecule has 2 aromatic rings. The molecule has 1 amide bonds. The van der Waals surface area contributed by atoms with E-state index in [1.165, 1.54) is 4.90 Å². The van der Waals surface area contributed by atoms with Crippen LogP contribution in [0, 0.1) is 0 Å². The SMILES string of the molecule is CCCN1C(=O)C(=O)/C(=C(\O)c2ccc(OC(C)C)cc2)C1c1ccccn1. The Kier molecular flexibility index (Phi) is 5.78. The average molecular weight is 380 g/mol. The highest BCUT2D eigenvalue weighted by molar-refractivity contribution is 6.46. The van der Waals surface area contributed by atoms with Crippen LogP contribution in [0.1, 0.15) is 44.5 Å². The highest BCUT2D eigenvalue weighted by Crippen LogP contribution is 2.38. The van der Waals surface area contributed by atoms with Crippen LogP contribution in [0.5, 0.6) is 5.75 Å². The molecular weight excluding hydrogens is 356 g/mol. The molecule has 6 nitrogen and oxygen atoms in total. The summed E-state index contributed by atoms with van der Waals surface area (Å²) in [4.78, 5) is 31.1. The molecule has 0 radical (unpaired) electrons. The summed E-state index contributed by atoms with van der Waals surface area (Å²) < 4.78 is 5.62. The van der Waals surface area contributed by atoms with Crippen molar-refractivity contribution in [3.8, 4) is 5.75 Å². The molecule has 0 saturated carbocycles. The van der Waals surface area contributed by atoms with Crippen LogP contribution in [-0.4, -0.2) is 39.3 Å². The summed E-state index contributed by atoms with van der Waals surface area (Å²) in [7, 11) is 0. The highest BCUT2D eigenvalue weighted by Gasteiger charge is 2.46. The number of ether oxygens (including phenoxy) is 1. The number of ketones is 1. The minimum Gasteiger partial charge on any atom is -0.507 e. The smallest absolute Gasteiger partial charge is 0.295 e. The molecule has 2 heterocycles. The molecule has 1 atom stereocenters. The molecule has 0 aliphatic carbocycles. The summed E-state index contributed by atoms with van der Waals surface area (Å²) in [5, 5.41) is 10.9. The van der Waals surface area contributed by atoms with E-state index in [2.05, 4.69) is 4.98 Å². The molecule has 1 unspecified atom stereocenters. The van der Waals surface area contributed by atoms with Gasteiger partial charge in [0, 0.05) is 18.3 Å². The van der Waals surface area contributed by atoms with E-state index in [0.29, 0.717) is 30.0 Å². The van der Waals surface area contributed by atoms with Gasteiger partial charge in [0.05, 0.1) is 17.4 Å². The number of carbonyl (C=O) groups excluding carboxylic acids is 2. The summed E-state index contributed by atoms with van der Waals surface area (Å²) >= 11 is 0. The summed E-state index contributed by atoms with van der Waals surface area (Å²) in [6.07, 6.45) is 2.33. The van der Waals surface area contributed by atoms with Crippen LogP contribution in [0.4, 0.5) is 0 Å². The molecule has 0 spiro atoms. The zero-order valence-corrected chi connectivity index (χ0v) is 16.3. The van der Waals surface area contributed by atoms with Gasteiger partial charge in [0.2, 0.25) is 0 Å². The number of likely N-dealkylation sites (tertiary alicyclic amines) is 1. The molecule has 0 bridgehead atoms. The van der Waals surface area contributed by atoms with Crippen LogP contribution < -0.4 is 4.74 Å². The van der Waals surface area contributed by atoms with Crippen LogP contribution in [-0.2, 0) is 9.59 Å². The van der Waals surface area contributed by atoms with E-state index in [1.807, 2.05) is 20.8 Å². The molecule has 1 aromatic heterocycles. The van der Waals surface area contributed by atoms with Gasteiger partial charge in [-0.3, -0.25) is 14.6 Å². The van der Waals surface area contributed by atoms with Crippen LogP contribution in [0.2, 0.25) is 0 Å². The number of amides is 1. The predicted octanol–water partition coefficient (Wildman–Crippen LogP) is 3.70. The van der Waals surface area contributed by atoms with Crippen molar-refractivity contribution in [2.45, 2.75) is 39.3 Å². The molecule has 146 valence electrons. The van der Waals surface area contributed by atoms with Gasteiger partial charge in [-0.1, -0.05) is 13.0 Å². The predicted molar refractivity (Wildman–Crippen MR) is 106 cm³/mol. The molecule has 28 heavy (non-hydrogen) atoms. The fraction of sp³-hybridized carbons (Fsp3) is 0.318. The second-order valence-electron chi connectivity index (χ2n) is 6.94. The Labute approximate surface area is 164 Å².